The third-order valence-electron chi connectivity index (χ3n) is 4.07. The van der Waals surface area contributed by atoms with Gasteiger partial charge < -0.3 is 10.4 Å². The molecule has 0 aliphatic rings. The van der Waals surface area contributed by atoms with Crippen LogP contribution in [0.15, 0.2) is 30.3 Å². The lowest BCUT2D eigenvalue weighted by atomic mass is 9.88. The van der Waals surface area contributed by atoms with Gasteiger partial charge in [-0.3, -0.25) is 4.79 Å². The van der Waals surface area contributed by atoms with Crippen molar-refractivity contribution in [2.45, 2.75) is 46.1 Å². The van der Waals surface area contributed by atoms with Crippen LogP contribution in [-0.2, 0) is 16.0 Å². The zero-order valence-electron chi connectivity index (χ0n) is 13.0. The number of amides is 1. The predicted octanol–water partition coefficient (Wildman–Crippen LogP) is 2.87. The fourth-order valence-corrected chi connectivity index (χ4v) is 2.56. The van der Waals surface area contributed by atoms with Gasteiger partial charge in [0.1, 0.15) is 6.04 Å². The van der Waals surface area contributed by atoms with E-state index in [-0.39, 0.29) is 17.7 Å². The summed E-state index contributed by atoms with van der Waals surface area (Å²) in [6, 6.07) is 8.47. The number of rotatable bonds is 8. The van der Waals surface area contributed by atoms with Crippen LogP contribution in [0.5, 0.6) is 0 Å². The topological polar surface area (TPSA) is 66.4 Å². The van der Waals surface area contributed by atoms with Crippen molar-refractivity contribution in [2.24, 2.45) is 11.8 Å². The van der Waals surface area contributed by atoms with Crippen molar-refractivity contribution in [3.05, 3.63) is 35.9 Å². The van der Waals surface area contributed by atoms with Crippen LogP contribution in [0.2, 0.25) is 0 Å². The number of carbonyl (C=O) groups is 2. The number of hydrogen-bond acceptors (Lipinski definition) is 2. The molecule has 1 rings (SSSR count). The summed E-state index contributed by atoms with van der Waals surface area (Å²) in [5, 5.41) is 12.0. The monoisotopic (exact) mass is 291 g/mol. The zero-order chi connectivity index (χ0) is 15.8. The van der Waals surface area contributed by atoms with E-state index >= 15 is 0 Å². The molecule has 0 heterocycles. The summed E-state index contributed by atoms with van der Waals surface area (Å²) in [6.07, 6.45) is 2.14. The Morgan fingerprint density at radius 2 is 1.71 bits per heavy atom. The van der Waals surface area contributed by atoms with Gasteiger partial charge in [0.05, 0.1) is 0 Å². The summed E-state index contributed by atoms with van der Waals surface area (Å²) >= 11 is 0. The van der Waals surface area contributed by atoms with Gasteiger partial charge in [-0.2, -0.15) is 0 Å². The molecule has 21 heavy (non-hydrogen) atoms. The van der Waals surface area contributed by atoms with Gasteiger partial charge in [0, 0.05) is 12.3 Å². The zero-order valence-corrected chi connectivity index (χ0v) is 13.0. The minimum absolute atomic E-state index is 0.169. The first kappa shape index (κ1) is 17.2. The van der Waals surface area contributed by atoms with Gasteiger partial charge >= 0.3 is 5.97 Å². The summed E-state index contributed by atoms with van der Waals surface area (Å²) in [5.74, 6) is -1.05. The summed E-state index contributed by atoms with van der Waals surface area (Å²) < 4.78 is 0. The van der Waals surface area contributed by atoms with Gasteiger partial charge in [0.15, 0.2) is 0 Å². The van der Waals surface area contributed by atoms with Crippen LogP contribution < -0.4 is 5.32 Å². The van der Waals surface area contributed by atoms with E-state index in [0.29, 0.717) is 6.42 Å². The maximum absolute atomic E-state index is 12.2. The van der Waals surface area contributed by atoms with Crippen LogP contribution in [0.1, 0.15) is 39.2 Å². The fraction of sp³-hybridized carbons (Fsp3) is 0.529. The van der Waals surface area contributed by atoms with Crippen molar-refractivity contribution in [3.63, 3.8) is 0 Å². The van der Waals surface area contributed by atoms with E-state index in [1.54, 1.807) is 0 Å². The molecule has 1 aromatic carbocycles. The van der Waals surface area contributed by atoms with Gasteiger partial charge in [-0.25, -0.2) is 4.79 Å². The molecule has 0 bridgehead atoms. The Hall–Kier alpha value is -1.84. The highest BCUT2D eigenvalue weighted by Crippen LogP contribution is 2.19. The minimum Gasteiger partial charge on any atom is -0.480 e. The molecule has 4 nitrogen and oxygen atoms in total. The Morgan fingerprint density at radius 1 is 1.14 bits per heavy atom. The molecule has 0 radical (unpaired) electrons. The van der Waals surface area contributed by atoms with Crippen molar-refractivity contribution in [1.29, 1.82) is 0 Å². The third-order valence-corrected chi connectivity index (χ3v) is 4.07. The smallest absolute Gasteiger partial charge is 0.326 e. The van der Waals surface area contributed by atoms with Crippen molar-refractivity contribution in [3.8, 4) is 0 Å². The lowest BCUT2D eigenvalue weighted by Crippen LogP contribution is -2.45. The van der Waals surface area contributed by atoms with Crippen molar-refractivity contribution >= 4 is 11.9 Å². The summed E-state index contributed by atoms with van der Waals surface area (Å²) in [7, 11) is 0. The molecule has 0 aromatic heterocycles. The Morgan fingerprint density at radius 3 is 2.19 bits per heavy atom. The molecular weight excluding hydrogens is 266 g/mol. The Labute approximate surface area is 126 Å². The number of carboxylic acids is 1. The minimum atomic E-state index is -0.996. The number of carboxylic acid groups (broad SMARTS) is 1. The molecule has 1 unspecified atom stereocenters. The van der Waals surface area contributed by atoms with Gasteiger partial charge in [-0.05, 0) is 11.5 Å². The highest BCUT2D eigenvalue weighted by Gasteiger charge is 2.26. The number of aliphatic carboxylic acids is 1. The highest BCUT2D eigenvalue weighted by atomic mass is 16.4. The van der Waals surface area contributed by atoms with E-state index in [4.69, 9.17) is 0 Å². The van der Waals surface area contributed by atoms with Crippen LogP contribution in [0.3, 0.4) is 0 Å². The van der Waals surface area contributed by atoms with E-state index in [0.717, 1.165) is 18.4 Å². The first-order valence-electron chi connectivity index (χ1n) is 7.56. The average Bonchev–Trinajstić information content (AvgIpc) is 2.48. The molecule has 0 aliphatic heterocycles. The van der Waals surface area contributed by atoms with Gasteiger partial charge in [-0.1, -0.05) is 63.9 Å². The molecule has 2 atom stereocenters. The first-order valence-corrected chi connectivity index (χ1v) is 7.56. The summed E-state index contributed by atoms with van der Waals surface area (Å²) in [4.78, 5) is 23.6. The summed E-state index contributed by atoms with van der Waals surface area (Å²) in [5.41, 5.74) is 0.903. The van der Waals surface area contributed by atoms with E-state index in [2.05, 4.69) is 19.2 Å². The highest BCUT2D eigenvalue weighted by molar-refractivity contribution is 5.85. The van der Waals surface area contributed by atoms with Crippen LogP contribution in [0, 0.1) is 11.8 Å². The molecule has 2 N–H and O–H groups in total. The molecule has 0 fully saturated rings. The predicted molar refractivity (Wildman–Crippen MR) is 82.9 cm³/mol. The lowest BCUT2D eigenvalue weighted by Gasteiger charge is -2.23. The van der Waals surface area contributed by atoms with Crippen LogP contribution in [0.4, 0.5) is 0 Å². The number of hydrogen-bond donors (Lipinski definition) is 2. The van der Waals surface area contributed by atoms with Gasteiger partial charge in [-0.15, -0.1) is 0 Å². The molecule has 0 aliphatic carbocycles. The van der Waals surface area contributed by atoms with Crippen molar-refractivity contribution in [1.82, 2.24) is 5.32 Å². The second-order valence-corrected chi connectivity index (χ2v) is 5.45. The normalized spacial score (nSPS) is 13.7. The molecule has 4 heteroatoms. The van der Waals surface area contributed by atoms with Crippen molar-refractivity contribution in [2.75, 3.05) is 0 Å². The van der Waals surface area contributed by atoms with Gasteiger partial charge in [0.25, 0.3) is 0 Å². The summed E-state index contributed by atoms with van der Waals surface area (Å²) in [6.45, 7) is 5.97. The van der Waals surface area contributed by atoms with Crippen LogP contribution in [-0.4, -0.2) is 23.0 Å². The molecule has 1 amide bonds. The molecule has 0 saturated carbocycles. The number of nitrogens with one attached hydrogen (secondary N) is 1. The van der Waals surface area contributed by atoms with Gasteiger partial charge in [0.2, 0.25) is 5.91 Å². The number of carbonyl (C=O) groups excluding carboxylic acids is 1. The maximum atomic E-state index is 12.2. The van der Waals surface area contributed by atoms with E-state index in [1.807, 2.05) is 37.3 Å². The average molecular weight is 291 g/mol. The Bertz CT molecular complexity index is 454. The van der Waals surface area contributed by atoms with E-state index in [9.17, 15) is 14.7 Å². The van der Waals surface area contributed by atoms with Crippen molar-refractivity contribution < 1.29 is 14.7 Å². The standard InChI is InChI=1S/C17H25NO3/c1-4-14(5-2)12(3)16(19)18-15(17(20)21)11-13-9-7-6-8-10-13/h6-10,12,14-15H,4-5,11H2,1-3H3,(H,18,19)(H,20,21)/t12?,15-/m1/s1. The molecule has 0 spiro atoms. The fourth-order valence-electron chi connectivity index (χ4n) is 2.56. The number of benzene rings is 1. The Kier molecular flexibility index (Phi) is 6.92. The molecule has 0 saturated heterocycles. The SMILES string of the molecule is CCC(CC)C(C)C(=O)N[C@H](Cc1ccccc1)C(=O)O. The maximum Gasteiger partial charge on any atom is 0.326 e. The largest absolute Gasteiger partial charge is 0.480 e. The molecule has 1 aromatic rings. The molecule has 116 valence electrons. The van der Waals surface area contributed by atoms with E-state index in [1.165, 1.54) is 0 Å². The second kappa shape index (κ2) is 8.45. The van der Waals surface area contributed by atoms with Crippen LogP contribution in [0.25, 0.3) is 0 Å². The van der Waals surface area contributed by atoms with Crippen LogP contribution >= 0.6 is 0 Å². The quantitative estimate of drug-likeness (QED) is 0.774. The van der Waals surface area contributed by atoms with E-state index < -0.39 is 12.0 Å². The first-order chi connectivity index (χ1) is 9.99. The molecular formula is C17H25NO3. The Balaban J connectivity index is 2.70. The second-order valence-electron chi connectivity index (χ2n) is 5.45. The lowest BCUT2D eigenvalue weighted by molar-refractivity contribution is -0.142. The third kappa shape index (κ3) is 5.21.